The Balaban J connectivity index is 1.41. The van der Waals surface area contributed by atoms with Gasteiger partial charge in [-0.15, -0.1) is 11.3 Å². The monoisotopic (exact) mass is 497 g/mol. The molecule has 0 radical (unpaired) electrons. The van der Waals surface area contributed by atoms with E-state index in [4.69, 9.17) is 4.98 Å². The molecule has 0 bridgehead atoms. The van der Waals surface area contributed by atoms with Gasteiger partial charge in [0.2, 0.25) is 5.91 Å². The molecule has 1 amide bonds. The molecule has 0 aliphatic heterocycles. The van der Waals surface area contributed by atoms with E-state index in [2.05, 4.69) is 30.5 Å². The Morgan fingerprint density at radius 1 is 1.03 bits per heavy atom. The molecule has 6 aromatic rings. The Kier molecular flexibility index (Phi) is 5.30. The van der Waals surface area contributed by atoms with Crippen LogP contribution in [0.5, 0.6) is 0 Å². The highest BCUT2D eigenvalue weighted by atomic mass is 32.1. The van der Waals surface area contributed by atoms with Gasteiger partial charge in [0, 0.05) is 29.3 Å². The molecule has 0 saturated carbocycles. The third-order valence-corrected chi connectivity index (χ3v) is 6.74. The van der Waals surface area contributed by atoms with Gasteiger partial charge in [0.15, 0.2) is 11.0 Å². The van der Waals surface area contributed by atoms with Crippen LogP contribution in [0.15, 0.2) is 61.1 Å². The Bertz CT molecular complexity index is 1750. The number of benzene rings is 1. The summed E-state index contributed by atoms with van der Waals surface area (Å²) in [5.41, 5.74) is 5.99. The number of pyridine rings is 2. The van der Waals surface area contributed by atoms with Gasteiger partial charge in [0.25, 0.3) is 0 Å². The molecule has 0 atom stereocenters. The van der Waals surface area contributed by atoms with Crippen LogP contribution in [0.2, 0.25) is 0 Å². The quantitative estimate of drug-likeness (QED) is 0.269. The Labute approximate surface area is 208 Å². The van der Waals surface area contributed by atoms with Crippen molar-refractivity contribution in [2.75, 3.05) is 5.32 Å². The number of aromatic amines is 2. The van der Waals surface area contributed by atoms with Crippen molar-refractivity contribution >= 4 is 44.9 Å². The smallest absolute Gasteiger partial charge is 0.226 e. The first-order valence-electron chi connectivity index (χ1n) is 11.3. The molecule has 0 aliphatic carbocycles. The third kappa shape index (κ3) is 3.91. The van der Waals surface area contributed by atoms with Crippen LogP contribution in [0.4, 0.5) is 10.1 Å². The van der Waals surface area contributed by atoms with Gasteiger partial charge in [-0.3, -0.25) is 19.9 Å². The van der Waals surface area contributed by atoms with E-state index in [-0.39, 0.29) is 17.0 Å². The van der Waals surface area contributed by atoms with Gasteiger partial charge in [-0.05, 0) is 42.0 Å². The summed E-state index contributed by atoms with van der Waals surface area (Å²) in [6.07, 6.45) is 5.06. The van der Waals surface area contributed by atoms with Crippen LogP contribution in [0, 0.1) is 11.0 Å². The van der Waals surface area contributed by atoms with E-state index in [0.29, 0.717) is 33.3 Å². The maximum absolute atomic E-state index is 13.6. The minimum Gasteiger partial charge on any atom is -0.336 e. The fraction of sp³-hybridized carbons (Fsp3) is 0.115. The zero-order valence-corrected chi connectivity index (χ0v) is 20.2. The maximum Gasteiger partial charge on any atom is 0.226 e. The molecule has 5 heterocycles. The Morgan fingerprint density at radius 3 is 2.72 bits per heavy atom. The van der Waals surface area contributed by atoms with Gasteiger partial charge >= 0.3 is 0 Å². The van der Waals surface area contributed by atoms with Crippen LogP contribution >= 0.6 is 11.3 Å². The number of halogens is 1. The highest BCUT2D eigenvalue weighted by Gasteiger charge is 2.17. The van der Waals surface area contributed by atoms with Crippen LogP contribution < -0.4 is 5.32 Å². The summed E-state index contributed by atoms with van der Waals surface area (Å²) in [6, 6.07) is 12.8. The first-order valence-corrected chi connectivity index (χ1v) is 12.1. The van der Waals surface area contributed by atoms with E-state index < -0.39 is 0 Å². The SMILES string of the molecule is CC(C)C(=O)Nc1cncc(-c2ccc3[nH]nc(-c4nc5c(-c6ccc(F)s6)nccc5[nH]4)c3c2)c1. The first kappa shape index (κ1) is 22.1. The van der Waals surface area contributed by atoms with E-state index >= 15 is 0 Å². The number of imidazole rings is 1. The molecule has 178 valence electrons. The van der Waals surface area contributed by atoms with E-state index in [9.17, 15) is 9.18 Å². The van der Waals surface area contributed by atoms with Crippen molar-refractivity contribution in [1.29, 1.82) is 0 Å². The molecule has 3 N–H and O–H groups in total. The molecule has 0 fully saturated rings. The molecule has 0 spiro atoms. The molecule has 1 aromatic carbocycles. The minimum absolute atomic E-state index is 0.0643. The van der Waals surface area contributed by atoms with Gasteiger partial charge in [-0.2, -0.15) is 9.49 Å². The van der Waals surface area contributed by atoms with Crippen molar-refractivity contribution < 1.29 is 9.18 Å². The lowest BCUT2D eigenvalue weighted by molar-refractivity contribution is -0.118. The Hall–Kier alpha value is -4.44. The van der Waals surface area contributed by atoms with E-state index in [1.807, 2.05) is 44.2 Å². The van der Waals surface area contributed by atoms with Crippen molar-refractivity contribution in [3.63, 3.8) is 0 Å². The second-order valence-electron chi connectivity index (χ2n) is 8.68. The number of anilines is 1. The van der Waals surface area contributed by atoms with Crippen LogP contribution in [-0.4, -0.2) is 36.0 Å². The number of aromatic nitrogens is 6. The molecule has 0 aliphatic rings. The second kappa shape index (κ2) is 8.65. The van der Waals surface area contributed by atoms with Crippen molar-refractivity contribution in [3.05, 3.63) is 66.2 Å². The van der Waals surface area contributed by atoms with E-state index in [1.165, 1.54) is 6.07 Å². The third-order valence-electron chi connectivity index (χ3n) is 5.86. The highest BCUT2D eigenvalue weighted by Crippen LogP contribution is 2.34. The number of H-pyrrole nitrogens is 2. The molecule has 0 unspecified atom stereocenters. The standard InChI is InChI=1S/C26H20FN7OS/c1-13(2)26(35)30-16-9-15(11-28-12-16)14-3-4-18-17(10-14)22(34-33-18)25-31-19-7-8-29-24(23(19)32-25)20-5-6-21(27)36-20/h3-13H,1-2H3,(H,30,35)(H,31,32)(H,33,34). The summed E-state index contributed by atoms with van der Waals surface area (Å²) >= 11 is 1.03. The largest absolute Gasteiger partial charge is 0.336 e. The zero-order chi connectivity index (χ0) is 24.8. The highest BCUT2D eigenvalue weighted by molar-refractivity contribution is 7.13. The second-order valence-corrected chi connectivity index (χ2v) is 9.72. The average Bonchev–Trinajstić information content (AvgIpc) is 3.61. The average molecular weight is 498 g/mol. The molecule has 5 aromatic heterocycles. The van der Waals surface area contributed by atoms with Gasteiger partial charge in [0.1, 0.15) is 16.9 Å². The van der Waals surface area contributed by atoms with Crippen molar-refractivity contribution in [1.82, 2.24) is 30.1 Å². The van der Waals surface area contributed by atoms with Gasteiger partial charge in [-0.25, -0.2) is 4.98 Å². The van der Waals surface area contributed by atoms with E-state index in [0.717, 1.165) is 38.9 Å². The van der Waals surface area contributed by atoms with Crippen molar-refractivity contribution in [3.8, 4) is 33.2 Å². The normalized spacial score (nSPS) is 11.6. The fourth-order valence-corrected chi connectivity index (χ4v) is 4.72. The first-order chi connectivity index (χ1) is 17.5. The number of nitrogens with zero attached hydrogens (tertiary/aromatic N) is 4. The number of thiophene rings is 1. The molecule has 6 rings (SSSR count). The van der Waals surface area contributed by atoms with Crippen LogP contribution in [0.3, 0.4) is 0 Å². The summed E-state index contributed by atoms with van der Waals surface area (Å²) in [4.78, 5) is 29.7. The van der Waals surface area contributed by atoms with Gasteiger partial charge < -0.3 is 10.3 Å². The lowest BCUT2D eigenvalue weighted by atomic mass is 10.0. The van der Waals surface area contributed by atoms with Crippen molar-refractivity contribution in [2.24, 2.45) is 5.92 Å². The number of carbonyl (C=O) groups excluding carboxylic acids is 1. The number of hydrogen-bond acceptors (Lipinski definition) is 6. The van der Waals surface area contributed by atoms with Crippen LogP contribution in [0.25, 0.3) is 55.2 Å². The molecule has 36 heavy (non-hydrogen) atoms. The van der Waals surface area contributed by atoms with Crippen LogP contribution in [-0.2, 0) is 4.79 Å². The van der Waals surface area contributed by atoms with Crippen molar-refractivity contribution in [2.45, 2.75) is 13.8 Å². The molecule has 8 nitrogen and oxygen atoms in total. The maximum atomic E-state index is 13.6. The topological polar surface area (TPSA) is 112 Å². The van der Waals surface area contributed by atoms with E-state index in [1.54, 1.807) is 24.7 Å². The van der Waals surface area contributed by atoms with Gasteiger partial charge in [-0.1, -0.05) is 19.9 Å². The van der Waals surface area contributed by atoms with Gasteiger partial charge in [0.05, 0.1) is 27.8 Å². The summed E-state index contributed by atoms with van der Waals surface area (Å²) in [5.74, 6) is 0.387. The predicted molar refractivity (Wildman–Crippen MR) is 139 cm³/mol. The lowest BCUT2D eigenvalue weighted by Gasteiger charge is -2.09. The number of hydrogen-bond donors (Lipinski definition) is 3. The predicted octanol–water partition coefficient (Wildman–Crippen LogP) is 6.03. The molecular formula is C26H20FN7OS. The summed E-state index contributed by atoms with van der Waals surface area (Å²) in [7, 11) is 0. The summed E-state index contributed by atoms with van der Waals surface area (Å²) in [5, 5.41) is 11.1. The number of rotatable bonds is 5. The fourth-order valence-electron chi connectivity index (χ4n) is 4.00. The lowest BCUT2D eigenvalue weighted by Crippen LogP contribution is -2.17. The Morgan fingerprint density at radius 2 is 1.92 bits per heavy atom. The number of nitrogens with one attached hydrogen (secondary N) is 3. The molecular weight excluding hydrogens is 477 g/mol. The number of amides is 1. The number of fused-ring (bicyclic) bond motifs is 2. The minimum atomic E-state index is -0.271. The molecule has 0 saturated heterocycles. The zero-order valence-electron chi connectivity index (χ0n) is 19.3. The number of carbonyl (C=O) groups is 1. The summed E-state index contributed by atoms with van der Waals surface area (Å²) in [6.45, 7) is 3.69. The molecule has 10 heteroatoms. The van der Waals surface area contributed by atoms with Crippen LogP contribution in [0.1, 0.15) is 13.8 Å². The summed E-state index contributed by atoms with van der Waals surface area (Å²) < 4.78 is 13.6.